The molecule has 1 atom stereocenters. The van der Waals surface area contributed by atoms with Gasteiger partial charge in [0.25, 0.3) is 0 Å². The van der Waals surface area contributed by atoms with Gasteiger partial charge in [-0.05, 0) is 17.8 Å². The van der Waals surface area contributed by atoms with Gasteiger partial charge in [-0.1, -0.05) is 30.3 Å². The predicted molar refractivity (Wildman–Crippen MR) is 83.0 cm³/mol. The van der Waals surface area contributed by atoms with E-state index in [-0.39, 0.29) is 5.11 Å². The molecule has 0 fully saturated rings. The predicted octanol–water partition coefficient (Wildman–Crippen LogP) is 2.13. The van der Waals surface area contributed by atoms with Crippen molar-refractivity contribution in [2.24, 2.45) is 0 Å². The molecule has 1 heterocycles. The van der Waals surface area contributed by atoms with Crippen LogP contribution in [-0.2, 0) is 11.2 Å². The van der Waals surface area contributed by atoms with Crippen molar-refractivity contribution in [3.8, 4) is 0 Å². The van der Waals surface area contributed by atoms with Crippen LogP contribution >= 0.6 is 23.6 Å². The van der Waals surface area contributed by atoms with Crippen LogP contribution < -0.4 is 10.6 Å². The van der Waals surface area contributed by atoms with Crippen LogP contribution in [0.4, 0.5) is 5.13 Å². The highest BCUT2D eigenvalue weighted by molar-refractivity contribution is 7.80. The van der Waals surface area contributed by atoms with Gasteiger partial charge in [0.1, 0.15) is 6.04 Å². The van der Waals surface area contributed by atoms with Gasteiger partial charge in [-0.3, -0.25) is 0 Å². The Hall–Kier alpha value is -1.99. The molecule has 0 saturated heterocycles. The van der Waals surface area contributed by atoms with E-state index >= 15 is 0 Å². The summed E-state index contributed by atoms with van der Waals surface area (Å²) in [6.45, 7) is 0. The maximum Gasteiger partial charge on any atom is 0.326 e. The van der Waals surface area contributed by atoms with Gasteiger partial charge in [0.15, 0.2) is 10.2 Å². The summed E-state index contributed by atoms with van der Waals surface area (Å²) in [5, 5.41) is 17.6. The van der Waals surface area contributed by atoms with Gasteiger partial charge < -0.3 is 15.7 Å². The topological polar surface area (TPSA) is 74.2 Å². The molecule has 104 valence electrons. The number of nitrogens with zero attached hydrogens (tertiary/aromatic N) is 1. The first-order chi connectivity index (χ1) is 9.65. The van der Waals surface area contributed by atoms with E-state index in [0.29, 0.717) is 11.6 Å². The van der Waals surface area contributed by atoms with Gasteiger partial charge in [0.05, 0.1) is 0 Å². The average molecular weight is 307 g/mol. The van der Waals surface area contributed by atoms with Crippen molar-refractivity contribution in [3.63, 3.8) is 0 Å². The number of hydrogen-bond donors (Lipinski definition) is 3. The van der Waals surface area contributed by atoms with Crippen LogP contribution in [0.3, 0.4) is 0 Å². The lowest BCUT2D eigenvalue weighted by Gasteiger charge is -2.16. The lowest BCUT2D eigenvalue weighted by Crippen LogP contribution is -2.44. The molecule has 7 heteroatoms. The summed E-state index contributed by atoms with van der Waals surface area (Å²) < 4.78 is 0. The normalized spacial score (nSPS) is 11.6. The third-order valence-electron chi connectivity index (χ3n) is 2.54. The maximum absolute atomic E-state index is 11.3. The van der Waals surface area contributed by atoms with E-state index in [1.807, 2.05) is 35.7 Å². The van der Waals surface area contributed by atoms with E-state index < -0.39 is 12.0 Å². The summed E-state index contributed by atoms with van der Waals surface area (Å²) in [6.07, 6.45) is 2.00. The number of aromatic nitrogens is 1. The largest absolute Gasteiger partial charge is 0.480 e. The Balaban J connectivity index is 1.95. The Labute approximate surface area is 125 Å². The average Bonchev–Trinajstić information content (AvgIpc) is 2.92. The number of thiocarbonyl (C=S) groups is 1. The first kappa shape index (κ1) is 14.4. The number of benzene rings is 1. The minimum absolute atomic E-state index is 0.253. The quantitative estimate of drug-likeness (QED) is 0.735. The van der Waals surface area contributed by atoms with Gasteiger partial charge in [-0.15, -0.1) is 11.3 Å². The van der Waals surface area contributed by atoms with E-state index in [9.17, 15) is 9.90 Å². The Bertz CT molecular complexity index is 573. The molecule has 1 unspecified atom stereocenters. The maximum atomic E-state index is 11.3. The number of rotatable bonds is 5. The van der Waals surface area contributed by atoms with E-state index in [0.717, 1.165) is 5.56 Å². The van der Waals surface area contributed by atoms with Crippen molar-refractivity contribution in [1.29, 1.82) is 0 Å². The minimum Gasteiger partial charge on any atom is -0.480 e. The van der Waals surface area contributed by atoms with Crippen molar-refractivity contribution in [1.82, 2.24) is 10.3 Å². The molecule has 0 aliphatic heterocycles. The number of anilines is 1. The van der Waals surface area contributed by atoms with Gasteiger partial charge in [-0.2, -0.15) is 0 Å². The standard InChI is InChI=1S/C13H13N3O2S2/c17-11(18)10(8-9-4-2-1-3-5-9)15-12(19)16-13-14-6-7-20-13/h1-7,10H,8H2,(H,17,18)(H2,14,15,16,19). The monoisotopic (exact) mass is 307 g/mol. The highest BCUT2D eigenvalue weighted by atomic mass is 32.1. The Morgan fingerprint density at radius 2 is 2.15 bits per heavy atom. The van der Waals surface area contributed by atoms with Crippen molar-refractivity contribution in [3.05, 3.63) is 47.5 Å². The number of hydrogen-bond acceptors (Lipinski definition) is 4. The first-order valence-electron chi connectivity index (χ1n) is 5.89. The molecule has 2 aromatic rings. The number of nitrogens with one attached hydrogen (secondary N) is 2. The number of carboxylic acids is 1. The molecule has 0 amide bonds. The van der Waals surface area contributed by atoms with Gasteiger partial charge in [0.2, 0.25) is 0 Å². The summed E-state index contributed by atoms with van der Waals surface area (Å²) >= 11 is 6.49. The number of thiazole rings is 1. The van der Waals surface area contributed by atoms with Crippen LogP contribution in [-0.4, -0.2) is 27.2 Å². The van der Waals surface area contributed by atoms with Crippen LogP contribution in [0.15, 0.2) is 41.9 Å². The van der Waals surface area contributed by atoms with Crippen molar-refractivity contribution in [2.45, 2.75) is 12.5 Å². The van der Waals surface area contributed by atoms with Gasteiger partial charge in [-0.25, -0.2) is 9.78 Å². The third kappa shape index (κ3) is 4.29. The number of carboxylic acid groups (broad SMARTS) is 1. The summed E-state index contributed by atoms with van der Waals surface area (Å²) in [5.74, 6) is -0.947. The van der Waals surface area contributed by atoms with E-state index in [4.69, 9.17) is 12.2 Å². The minimum atomic E-state index is -0.947. The lowest BCUT2D eigenvalue weighted by molar-refractivity contribution is -0.139. The Morgan fingerprint density at radius 1 is 1.40 bits per heavy atom. The molecular formula is C13H13N3O2S2. The van der Waals surface area contributed by atoms with Crippen molar-refractivity contribution in [2.75, 3.05) is 5.32 Å². The highest BCUT2D eigenvalue weighted by Gasteiger charge is 2.19. The van der Waals surface area contributed by atoms with Crippen molar-refractivity contribution >= 4 is 39.8 Å². The van der Waals surface area contributed by atoms with E-state index in [1.165, 1.54) is 11.3 Å². The molecule has 1 aromatic carbocycles. The van der Waals surface area contributed by atoms with E-state index in [1.54, 1.807) is 6.20 Å². The van der Waals surface area contributed by atoms with Gasteiger partial charge >= 0.3 is 5.97 Å². The molecule has 0 radical (unpaired) electrons. The zero-order valence-electron chi connectivity index (χ0n) is 10.4. The molecule has 2 rings (SSSR count). The first-order valence-corrected chi connectivity index (χ1v) is 7.17. The zero-order chi connectivity index (χ0) is 14.4. The fourth-order valence-electron chi connectivity index (χ4n) is 1.63. The zero-order valence-corrected chi connectivity index (χ0v) is 12.1. The number of aliphatic carboxylic acids is 1. The molecule has 0 aliphatic rings. The van der Waals surface area contributed by atoms with Crippen molar-refractivity contribution < 1.29 is 9.90 Å². The molecule has 20 heavy (non-hydrogen) atoms. The Kier molecular flexibility index (Phi) is 5.03. The molecule has 0 aliphatic carbocycles. The van der Waals surface area contributed by atoms with Crippen LogP contribution in [0.1, 0.15) is 5.56 Å². The lowest BCUT2D eigenvalue weighted by atomic mass is 10.1. The van der Waals surface area contributed by atoms with Crippen LogP contribution in [0.5, 0.6) is 0 Å². The van der Waals surface area contributed by atoms with Crippen LogP contribution in [0, 0.1) is 0 Å². The second kappa shape index (κ2) is 6.97. The molecule has 3 N–H and O–H groups in total. The highest BCUT2D eigenvalue weighted by Crippen LogP contribution is 2.10. The molecular weight excluding hydrogens is 294 g/mol. The third-order valence-corrected chi connectivity index (χ3v) is 3.45. The fourth-order valence-corrected chi connectivity index (χ4v) is 2.46. The molecule has 0 saturated carbocycles. The second-order valence-electron chi connectivity index (χ2n) is 4.02. The van der Waals surface area contributed by atoms with Crippen LogP contribution in [0.25, 0.3) is 0 Å². The molecule has 1 aromatic heterocycles. The molecule has 0 bridgehead atoms. The smallest absolute Gasteiger partial charge is 0.326 e. The molecule has 5 nitrogen and oxygen atoms in total. The SMILES string of the molecule is O=C(O)C(Cc1ccccc1)NC(=S)Nc1nccs1. The van der Waals surface area contributed by atoms with Crippen LogP contribution in [0.2, 0.25) is 0 Å². The summed E-state index contributed by atoms with van der Waals surface area (Å²) in [5.41, 5.74) is 0.935. The number of carbonyl (C=O) groups is 1. The van der Waals surface area contributed by atoms with E-state index in [2.05, 4.69) is 15.6 Å². The second-order valence-corrected chi connectivity index (χ2v) is 5.32. The fraction of sp³-hybridized carbons (Fsp3) is 0.154. The summed E-state index contributed by atoms with van der Waals surface area (Å²) in [6, 6.07) is 8.63. The van der Waals surface area contributed by atoms with Gasteiger partial charge in [0, 0.05) is 18.0 Å². The summed E-state index contributed by atoms with van der Waals surface area (Å²) in [7, 11) is 0. The molecule has 0 spiro atoms. The Morgan fingerprint density at radius 3 is 2.75 bits per heavy atom. The summed E-state index contributed by atoms with van der Waals surface area (Å²) in [4.78, 5) is 15.3.